The number of ether oxygens (including phenoxy) is 1. The predicted molar refractivity (Wildman–Crippen MR) is 172 cm³/mol. The molecule has 0 saturated carbocycles. The predicted octanol–water partition coefficient (Wildman–Crippen LogP) is 4.90. The minimum Gasteiger partial charge on any atom is -0.494 e. The van der Waals surface area contributed by atoms with Gasteiger partial charge < -0.3 is 25.2 Å². The lowest BCUT2D eigenvalue weighted by Crippen LogP contribution is -2.32. The summed E-state index contributed by atoms with van der Waals surface area (Å²) < 4.78 is 7.40. The molecule has 234 valence electrons. The van der Waals surface area contributed by atoms with E-state index in [9.17, 15) is 9.59 Å². The molecule has 0 aliphatic rings. The third-order valence-electron chi connectivity index (χ3n) is 7.08. The number of carbonyl (C=O) groups is 2. The van der Waals surface area contributed by atoms with Crippen molar-refractivity contribution < 1.29 is 14.3 Å². The first kappa shape index (κ1) is 33.7. The largest absolute Gasteiger partial charge is 0.494 e. The van der Waals surface area contributed by atoms with E-state index in [1.165, 1.54) is 4.68 Å². The van der Waals surface area contributed by atoms with Gasteiger partial charge >= 0.3 is 0 Å². The van der Waals surface area contributed by atoms with E-state index in [4.69, 9.17) is 4.74 Å². The molecule has 43 heavy (non-hydrogen) atoms. The van der Waals surface area contributed by atoms with E-state index in [1.54, 1.807) is 25.4 Å². The highest BCUT2D eigenvalue weighted by Crippen LogP contribution is 2.36. The molecule has 0 bridgehead atoms. The molecule has 10 heteroatoms. The number of hydrogen-bond donors (Lipinski definition) is 2. The van der Waals surface area contributed by atoms with Gasteiger partial charge in [-0.2, -0.15) is 0 Å². The second-order valence-electron chi connectivity index (χ2n) is 13.8. The quantitative estimate of drug-likeness (QED) is 0.327. The van der Waals surface area contributed by atoms with E-state index in [0.29, 0.717) is 35.8 Å². The molecular weight excluding hydrogens is 542 g/mol. The highest BCUT2D eigenvalue weighted by molar-refractivity contribution is 6.05. The van der Waals surface area contributed by atoms with Crippen LogP contribution in [-0.4, -0.2) is 84.5 Å². The van der Waals surface area contributed by atoms with Gasteiger partial charge in [-0.15, -0.1) is 5.10 Å². The van der Waals surface area contributed by atoms with Gasteiger partial charge in [-0.3, -0.25) is 9.59 Å². The van der Waals surface area contributed by atoms with Crippen LogP contribution in [-0.2, 0) is 12.0 Å². The van der Waals surface area contributed by atoms with Crippen LogP contribution in [0, 0.1) is 12.3 Å². The summed E-state index contributed by atoms with van der Waals surface area (Å²) >= 11 is 0. The number of amides is 2. The molecule has 3 rings (SSSR count). The molecule has 2 amide bonds. The highest BCUT2D eigenvalue weighted by Gasteiger charge is 2.22. The Kier molecular flexibility index (Phi) is 10.7. The van der Waals surface area contributed by atoms with Crippen LogP contribution < -0.4 is 15.4 Å². The molecule has 0 fully saturated rings. The van der Waals surface area contributed by atoms with Crippen LogP contribution >= 0.6 is 0 Å². The van der Waals surface area contributed by atoms with Crippen molar-refractivity contribution in [3.8, 4) is 11.4 Å². The number of rotatable bonds is 11. The molecule has 0 saturated heterocycles. The second kappa shape index (κ2) is 13.7. The van der Waals surface area contributed by atoms with Gasteiger partial charge in [0.25, 0.3) is 11.8 Å². The van der Waals surface area contributed by atoms with Crippen molar-refractivity contribution in [2.75, 3.05) is 53.2 Å². The minimum atomic E-state index is -0.290. The molecule has 1 heterocycles. The average Bonchev–Trinajstić information content (AvgIpc) is 3.40. The van der Waals surface area contributed by atoms with Gasteiger partial charge in [0.15, 0.2) is 5.69 Å². The number of likely N-dealkylation sites (N-methyl/N-ethyl adjacent to an activating group) is 2. The molecule has 1 aromatic heterocycles. The summed E-state index contributed by atoms with van der Waals surface area (Å²) in [5.74, 6) is 0.0788. The summed E-state index contributed by atoms with van der Waals surface area (Å²) in [7, 11) is 7.84. The van der Waals surface area contributed by atoms with Crippen LogP contribution in [0.4, 0.5) is 5.69 Å². The third-order valence-corrected chi connectivity index (χ3v) is 7.08. The molecule has 2 aromatic carbocycles. The number of aryl methyl sites for hydroxylation is 1. The zero-order valence-electron chi connectivity index (χ0n) is 27.8. The van der Waals surface area contributed by atoms with Crippen molar-refractivity contribution in [2.45, 2.75) is 60.4 Å². The van der Waals surface area contributed by atoms with Gasteiger partial charge in [-0.05, 0) is 68.2 Å². The summed E-state index contributed by atoms with van der Waals surface area (Å²) in [4.78, 5) is 30.7. The molecule has 10 nitrogen and oxygen atoms in total. The van der Waals surface area contributed by atoms with Crippen LogP contribution in [0.15, 0.2) is 36.5 Å². The number of nitrogens with zero attached hydrogens (tertiary/aromatic N) is 5. The Morgan fingerprint density at radius 3 is 2.28 bits per heavy atom. The lowest BCUT2D eigenvalue weighted by atomic mass is 9.85. The summed E-state index contributed by atoms with van der Waals surface area (Å²) in [6, 6.07) is 9.56. The number of carbonyl (C=O) groups excluding carboxylic acids is 2. The number of methoxy groups -OCH3 is 1. The first-order valence-electron chi connectivity index (χ1n) is 14.7. The summed E-state index contributed by atoms with van der Waals surface area (Å²) in [6.07, 6.45) is 1.58. The fourth-order valence-corrected chi connectivity index (χ4v) is 4.43. The minimum absolute atomic E-state index is 0.0538. The van der Waals surface area contributed by atoms with E-state index >= 15 is 0 Å². The van der Waals surface area contributed by atoms with Crippen LogP contribution in [0.25, 0.3) is 5.69 Å². The molecular formula is C33H49N7O3. The Bertz CT molecular complexity index is 1430. The SMILES string of the molecule is COc1c(CN(C)CCN(C)C)cc(C(C)(C)C)cc1NC(=O)c1ccc(C)c(-n2cc(C(=O)NCC(C)(C)C)nn2)c1. The van der Waals surface area contributed by atoms with Crippen molar-refractivity contribution in [3.05, 3.63) is 64.5 Å². The van der Waals surface area contributed by atoms with E-state index in [-0.39, 0.29) is 28.3 Å². The molecule has 2 N–H and O–H groups in total. The number of hydrogen-bond acceptors (Lipinski definition) is 7. The van der Waals surface area contributed by atoms with Gasteiger partial charge in [0.05, 0.1) is 24.7 Å². The lowest BCUT2D eigenvalue weighted by Gasteiger charge is -2.26. The zero-order chi connectivity index (χ0) is 32.1. The normalized spacial score (nSPS) is 12.1. The van der Waals surface area contributed by atoms with Crippen LogP contribution in [0.1, 0.15) is 79.1 Å². The second-order valence-corrected chi connectivity index (χ2v) is 13.8. The topological polar surface area (TPSA) is 105 Å². The Balaban J connectivity index is 1.91. The van der Waals surface area contributed by atoms with Gasteiger partial charge in [0.1, 0.15) is 5.75 Å². The van der Waals surface area contributed by atoms with Gasteiger partial charge in [-0.25, -0.2) is 4.68 Å². The summed E-state index contributed by atoms with van der Waals surface area (Å²) in [5.41, 5.74) is 4.75. The molecule has 0 aliphatic heterocycles. The van der Waals surface area contributed by atoms with E-state index in [1.807, 2.05) is 39.8 Å². The number of aromatic nitrogens is 3. The molecule has 0 atom stereocenters. The van der Waals surface area contributed by atoms with Gasteiger partial charge in [0.2, 0.25) is 0 Å². The first-order chi connectivity index (χ1) is 20.0. The summed E-state index contributed by atoms with van der Waals surface area (Å²) in [6.45, 7) is 17.6. The maximum atomic E-state index is 13.6. The molecule has 3 aromatic rings. The van der Waals surface area contributed by atoms with Crippen molar-refractivity contribution in [1.82, 2.24) is 30.1 Å². The maximum absolute atomic E-state index is 13.6. The average molecular weight is 592 g/mol. The molecule has 0 aliphatic carbocycles. The van der Waals surface area contributed by atoms with Crippen molar-refractivity contribution >= 4 is 17.5 Å². The van der Waals surface area contributed by atoms with Gasteiger partial charge in [-0.1, -0.05) is 58.9 Å². The fourth-order valence-electron chi connectivity index (χ4n) is 4.43. The van der Waals surface area contributed by atoms with Crippen LogP contribution in [0.2, 0.25) is 0 Å². The molecule has 0 radical (unpaired) electrons. The highest BCUT2D eigenvalue weighted by atomic mass is 16.5. The fraction of sp³-hybridized carbons (Fsp3) is 0.515. The number of anilines is 1. The van der Waals surface area contributed by atoms with Crippen LogP contribution in [0.5, 0.6) is 5.75 Å². The van der Waals surface area contributed by atoms with Crippen LogP contribution in [0.3, 0.4) is 0 Å². The third kappa shape index (κ3) is 9.36. The first-order valence-corrected chi connectivity index (χ1v) is 14.7. The monoisotopic (exact) mass is 591 g/mol. The van der Waals surface area contributed by atoms with E-state index in [2.05, 4.69) is 78.7 Å². The Hall–Kier alpha value is -3.76. The zero-order valence-corrected chi connectivity index (χ0v) is 27.8. The standard InChI is InChI=1S/C33H49N7O3/c1-22-12-13-23(17-28(22)40-20-27(36-37-40)31(42)34-21-32(2,3)4)30(41)35-26-18-25(33(5,6)7)16-24(29(26)43-11)19-39(10)15-14-38(8)9/h12-13,16-18,20H,14-15,19,21H2,1-11H3,(H,34,42)(H,35,41). The molecule has 0 spiro atoms. The van der Waals surface area contributed by atoms with E-state index < -0.39 is 0 Å². The van der Waals surface area contributed by atoms with Crippen molar-refractivity contribution in [2.24, 2.45) is 5.41 Å². The van der Waals surface area contributed by atoms with Crippen molar-refractivity contribution in [3.63, 3.8) is 0 Å². The van der Waals surface area contributed by atoms with Gasteiger partial charge in [0, 0.05) is 37.3 Å². The maximum Gasteiger partial charge on any atom is 0.273 e. The molecule has 0 unspecified atom stereocenters. The number of benzene rings is 2. The summed E-state index contributed by atoms with van der Waals surface area (Å²) in [5, 5.41) is 14.2. The van der Waals surface area contributed by atoms with E-state index in [0.717, 1.165) is 29.8 Å². The Labute approximate surface area is 256 Å². The number of nitrogens with one attached hydrogen (secondary N) is 2. The Morgan fingerprint density at radius 2 is 1.67 bits per heavy atom. The smallest absolute Gasteiger partial charge is 0.273 e. The Morgan fingerprint density at radius 1 is 0.977 bits per heavy atom. The lowest BCUT2D eigenvalue weighted by molar-refractivity contribution is 0.0933. The van der Waals surface area contributed by atoms with Crippen molar-refractivity contribution in [1.29, 1.82) is 0 Å².